The van der Waals surface area contributed by atoms with E-state index in [2.05, 4.69) is 32.6 Å². The molecule has 2 rings (SSSR count). The molecule has 0 aromatic rings. The molecule has 0 saturated heterocycles. The van der Waals surface area contributed by atoms with Crippen molar-refractivity contribution in [3.8, 4) is 23.1 Å². The van der Waals surface area contributed by atoms with Gasteiger partial charge in [-0.2, -0.15) is 9.80 Å². The molecule has 14 nitrogen and oxygen atoms in total. The van der Waals surface area contributed by atoms with Crippen molar-refractivity contribution in [2.75, 3.05) is 13.2 Å². The van der Waals surface area contributed by atoms with Gasteiger partial charge in [0.15, 0.2) is 11.1 Å². The quantitative estimate of drug-likeness (QED) is 0.107. The molecule has 342 valence electrons. The number of rotatable bonds is 6. The Morgan fingerprint density at radius 3 is 1.00 bits per heavy atom. The van der Waals surface area contributed by atoms with Crippen LogP contribution in [0.15, 0.2) is 0 Å². The molecule has 0 aromatic carbocycles. The number of carbonyl (C=O) groups excluding carboxylic acids is 6. The molecule has 0 unspecified atom stereocenters. The van der Waals surface area contributed by atoms with Crippen LogP contribution in [0.5, 0.6) is 0 Å². The third kappa shape index (κ3) is 18.5. The second kappa shape index (κ2) is 25.2. The Hall–Kier alpha value is -4.40. The van der Waals surface area contributed by atoms with Crippen molar-refractivity contribution in [1.82, 2.24) is 9.80 Å². The summed E-state index contributed by atoms with van der Waals surface area (Å²) in [7, 11) is 0. The van der Waals surface area contributed by atoms with Crippen LogP contribution in [0.3, 0.4) is 0 Å². The predicted molar refractivity (Wildman–Crippen MR) is 196 cm³/mol. The predicted octanol–water partition coefficient (Wildman–Crippen LogP) is -10.4. The Bertz CT molecular complexity index is 1420. The minimum Gasteiger partial charge on any atom is -1.00 e. The molecule has 0 aliphatic heterocycles. The van der Waals surface area contributed by atoms with Gasteiger partial charge < -0.3 is 56.6 Å². The maximum absolute atomic E-state index is 12.8. The second-order valence-electron chi connectivity index (χ2n) is 15.8. The highest BCUT2D eigenvalue weighted by Crippen LogP contribution is 2.51. The van der Waals surface area contributed by atoms with Crippen LogP contribution in [-0.2, 0) is 38.0 Å². The number of carbonyl (C=O) groups is 6. The van der Waals surface area contributed by atoms with Crippen LogP contribution in [0, 0.1) is 34.9 Å². The van der Waals surface area contributed by atoms with E-state index in [0.29, 0.717) is 9.80 Å². The number of amides is 4. The van der Waals surface area contributed by atoms with Crippen LogP contribution in [-0.4, -0.2) is 92.8 Å². The molecular weight excluding hydrogens is 858 g/mol. The Kier molecular flexibility index (Phi) is 29.6. The van der Waals surface area contributed by atoms with E-state index in [1.54, 1.807) is 96.9 Å². The van der Waals surface area contributed by atoms with Crippen molar-refractivity contribution in [2.24, 2.45) is 11.8 Å². The van der Waals surface area contributed by atoms with Crippen molar-refractivity contribution >= 4 is 52.2 Å². The van der Waals surface area contributed by atoms with E-state index < -0.39 is 81.6 Å². The number of esters is 2. The first kappa shape index (κ1) is 68.3. The molecule has 0 aromatic heterocycles. The van der Waals surface area contributed by atoms with Crippen LogP contribution in [0.4, 0.5) is 19.2 Å². The molecule has 0 bridgehead atoms. The normalized spacial score (nSPS) is 19.4. The summed E-state index contributed by atoms with van der Waals surface area (Å²) in [6, 6.07) is 0. The van der Waals surface area contributed by atoms with E-state index in [4.69, 9.17) is 34.8 Å². The maximum atomic E-state index is 12.8. The van der Waals surface area contributed by atoms with Crippen LogP contribution in [0.1, 0.15) is 117 Å². The van der Waals surface area contributed by atoms with E-state index in [1.807, 2.05) is 0 Å². The standard InChI is InChI=1S/C18H26BrNO6.C18H27NO6.CH4.6FH/c1-8-24-13(21)18(11-12(18)9-10-19)20(14(22)25-16(2,3)4)15(23)26-17(5,6)7;1-9-12-11-18(12,13(20)23-10-2)19(14(21)24-16(3,4)5)15(22)25-17(6,7)8;;;;;;;/h12H,8,11H2,1-7H3;1,12H,10-11H2,2-8H3;1H4;6*1H/p-6/t2*12-,18-;;;;;;;/m11......./s1. The lowest BCUT2D eigenvalue weighted by Gasteiger charge is -2.32. The van der Waals surface area contributed by atoms with Gasteiger partial charge in [0.05, 0.1) is 25.0 Å². The molecule has 0 spiro atoms. The molecule has 2 aliphatic carbocycles. The molecule has 21 heteroatoms. The van der Waals surface area contributed by atoms with Crippen molar-refractivity contribution in [3.63, 3.8) is 0 Å². The van der Waals surface area contributed by atoms with E-state index in [0.717, 1.165) is 0 Å². The molecule has 4 amide bonds. The van der Waals surface area contributed by atoms with Gasteiger partial charge in [0.2, 0.25) is 0 Å². The molecule has 0 heterocycles. The molecular formula is C37H57BrF6N2O12-6. The fourth-order valence-electron chi connectivity index (χ4n) is 4.61. The van der Waals surface area contributed by atoms with Gasteiger partial charge in [0.25, 0.3) is 0 Å². The number of terminal acetylenes is 1. The van der Waals surface area contributed by atoms with Crippen molar-refractivity contribution in [1.29, 1.82) is 0 Å². The minimum absolute atomic E-state index is 0. The zero-order chi connectivity index (χ0) is 40.0. The Balaban J connectivity index is -0.000000160. The van der Waals surface area contributed by atoms with Crippen LogP contribution in [0.2, 0.25) is 0 Å². The van der Waals surface area contributed by atoms with Crippen LogP contribution >= 0.6 is 15.9 Å². The molecule has 58 heavy (non-hydrogen) atoms. The Morgan fingerprint density at radius 1 is 0.569 bits per heavy atom. The summed E-state index contributed by atoms with van der Waals surface area (Å²) >= 11 is 2.99. The monoisotopic (exact) mass is 914 g/mol. The average Bonchev–Trinajstić information content (AvgIpc) is 3.81. The minimum atomic E-state index is -1.59. The van der Waals surface area contributed by atoms with E-state index in [1.165, 1.54) is 0 Å². The molecule has 0 radical (unpaired) electrons. The zero-order valence-corrected chi connectivity index (χ0v) is 36.1. The summed E-state index contributed by atoms with van der Waals surface area (Å²) in [6.45, 7) is 23.4. The third-order valence-electron chi connectivity index (χ3n) is 6.65. The SMILES string of the molecule is C.C#C[C@@H]1C[C@@]1(C(=O)OCC)N(C(=O)OC(C)(C)C)C(=O)OC(C)(C)C.CCOC(=O)[C@@]1(N(C(=O)OC(C)(C)C)C(=O)OC(C)(C)C)C[C@H]1C#CBr.[F-].[F-].[F-].[F-].[F-].[F-]. The first-order valence-electron chi connectivity index (χ1n) is 16.5. The zero-order valence-electron chi connectivity index (χ0n) is 34.5. The fraction of sp³-hybridized carbons (Fsp3) is 0.730. The van der Waals surface area contributed by atoms with Crippen molar-refractivity contribution in [3.05, 3.63) is 0 Å². The van der Waals surface area contributed by atoms with Crippen LogP contribution in [0.25, 0.3) is 0 Å². The van der Waals surface area contributed by atoms with Gasteiger partial charge >= 0.3 is 36.3 Å². The summed E-state index contributed by atoms with van der Waals surface area (Å²) in [5.74, 6) is 2.53. The maximum Gasteiger partial charge on any atom is 0.420 e. The lowest BCUT2D eigenvalue weighted by molar-refractivity contribution is -0.152. The molecule has 0 N–H and O–H groups in total. The van der Waals surface area contributed by atoms with Crippen molar-refractivity contribution < 1.29 is 85.4 Å². The van der Waals surface area contributed by atoms with Crippen molar-refractivity contribution in [2.45, 2.75) is 151 Å². The average molecular weight is 916 g/mol. The number of hydrogen-bond donors (Lipinski definition) is 0. The molecule has 2 saturated carbocycles. The van der Waals surface area contributed by atoms with E-state index in [9.17, 15) is 28.8 Å². The topological polar surface area (TPSA) is 164 Å². The molecule has 2 fully saturated rings. The Morgan fingerprint density at radius 2 is 0.810 bits per heavy atom. The lowest BCUT2D eigenvalue weighted by atomic mass is 10.1. The number of hydrogen-bond acceptors (Lipinski definition) is 12. The molecule has 4 atom stereocenters. The molecule has 2 aliphatic rings. The highest BCUT2D eigenvalue weighted by Gasteiger charge is 2.71. The smallest absolute Gasteiger partial charge is 0.420 e. The van der Waals surface area contributed by atoms with Gasteiger partial charge in [0.1, 0.15) is 22.4 Å². The largest absolute Gasteiger partial charge is 1.00 e. The van der Waals surface area contributed by atoms with Gasteiger partial charge in [-0.15, -0.1) is 12.3 Å². The summed E-state index contributed by atoms with van der Waals surface area (Å²) in [4.78, 5) is 79.9. The number of halogens is 7. The third-order valence-corrected chi connectivity index (χ3v) is 6.88. The van der Waals surface area contributed by atoms with Gasteiger partial charge in [-0.25, -0.2) is 28.8 Å². The highest BCUT2D eigenvalue weighted by molar-refractivity contribution is 9.12. The van der Waals surface area contributed by atoms with Crippen LogP contribution < -0.4 is 28.2 Å². The summed E-state index contributed by atoms with van der Waals surface area (Å²) in [5, 5.41) is 0. The number of ether oxygens (including phenoxy) is 6. The summed E-state index contributed by atoms with van der Waals surface area (Å²) in [5.41, 5.74) is -6.60. The summed E-state index contributed by atoms with van der Waals surface area (Å²) in [6.07, 6.45) is 1.78. The van der Waals surface area contributed by atoms with Gasteiger partial charge in [-0.1, -0.05) is 13.3 Å². The number of imide groups is 2. The fourth-order valence-corrected chi connectivity index (χ4v) is 4.89. The first-order valence-corrected chi connectivity index (χ1v) is 17.3. The van der Waals surface area contributed by atoms with E-state index in [-0.39, 0.29) is 61.7 Å². The highest BCUT2D eigenvalue weighted by atomic mass is 79.9. The van der Waals surface area contributed by atoms with Gasteiger partial charge in [-0.3, -0.25) is 0 Å². The van der Waals surface area contributed by atoms with Gasteiger partial charge in [0, 0.05) is 28.8 Å². The Labute approximate surface area is 345 Å². The lowest BCUT2D eigenvalue weighted by Crippen LogP contribution is -3.00. The summed E-state index contributed by atoms with van der Waals surface area (Å²) < 4.78 is 31.4. The van der Waals surface area contributed by atoms with E-state index >= 15 is 0 Å². The van der Waals surface area contributed by atoms with Gasteiger partial charge in [-0.05, 0) is 102 Å². The first-order chi connectivity index (χ1) is 23.1. The second-order valence-corrected chi connectivity index (χ2v) is 16.2. The number of nitrogens with zero attached hydrogens (tertiary/aromatic N) is 2.